The molecule has 0 saturated carbocycles. The van der Waals surface area contributed by atoms with Gasteiger partial charge in [-0.15, -0.1) is 0 Å². The Kier molecular flexibility index (Phi) is 4.52. The SMILES string of the molecule is CC(C)=CC(=O)C1C(C)=CCCC1C(C)C. The second-order valence-electron chi connectivity index (χ2n) is 5.54. The Morgan fingerprint density at radius 3 is 2.56 bits per heavy atom. The summed E-state index contributed by atoms with van der Waals surface area (Å²) < 4.78 is 0. The third kappa shape index (κ3) is 3.07. The molecule has 1 heteroatoms. The van der Waals surface area contributed by atoms with Crippen molar-refractivity contribution in [3.63, 3.8) is 0 Å². The van der Waals surface area contributed by atoms with Crippen LogP contribution in [-0.2, 0) is 4.79 Å². The number of hydrogen-bond acceptors (Lipinski definition) is 1. The predicted octanol–water partition coefficient (Wildman–Crippen LogP) is 4.15. The summed E-state index contributed by atoms with van der Waals surface area (Å²) in [6.07, 6.45) is 6.33. The zero-order valence-electron chi connectivity index (χ0n) is 11.2. The van der Waals surface area contributed by atoms with Gasteiger partial charge < -0.3 is 0 Å². The van der Waals surface area contributed by atoms with Gasteiger partial charge in [-0.1, -0.05) is 31.1 Å². The molecule has 0 bridgehead atoms. The van der Waals surface area contributed by atoms with Gasteiger partial charge in [0.05, 0.1) is 0 Å². The van der Waals surface area contributed by atoms with E-state index in [1.54, 1.807) is 0 Å². The lowest BCUT2D eigenvalue weighted by Crippen LogP contribution is -2.30. The Balaban J connectivity index is 2.95. The summed E-state index contributed by atoms with van der Waals surface area (Å²) in [4.78, 5) is 12.2. The van der Waals surface area contributed by atoms with Crippen molar-refractivity contribution in [1.82, 2.24) is 0 Å². The molecule has 1 nitrogen and oxygen atoms in total. The zero-order valence-corrected chi connectivity index (χ0v) is 11.2. The lowest BCUT2D eigenvalue weighted by molar-refractivity contribution is -0.119. The fraction of sp³-hybridized carbons (Fsp3) is 0.667. The van der Waals surface area contributed by atoms with E-state index in [0.29, 0.717) is 17.6 Å². The largest absolute Gasteiger partial charge is 0.294 e. The van der Waals surface area contributed by atoms with E-state index in [2.05, 4.69) is 26.8 Å². The van der Waals surface area contributed by atoms with E-state index in [1.807, 2.05) is 19.9 Å². The summed E-state index contributed by atoms with van der Waals surface area (Å²) in [7, 11) is 0. The molecular formula is C15H24O. The van der Waals surface area contributed by atoms with Gasteiger partial charge in [0, 0.05) is 5.92 Å². The fourth-order valence-corrected chi connectivity index (χ4v) is 2.66. The monoisotopic (exact) mass is 220 g/mol. The molecule has 0 radical (unpaired) electrons. The average Bonchev–Trinajstić information content (AvgIpc) is 2.15. The maximum Gasteiger partial charge on any atom is 0.162 e. The van der Waals surface area contributed by atoms with E-state index in [9.17, 15) is 4.79 Å². The summed E-state index contributed by atoms with van der Waals surface area (Å²) in [6.45, 7) is 10.5. The van der Waals surface area contributed by atoms with Crippen LogP contribution in [0.4, 0.5) is 0 Å². The van der Waals surface area contributed by atoms with Gasteiger partial charge in [0.1, 0.15) is 0 Å². The van der Waals surface area contributed by atoms with Gasteiger partial charge >= 0.3 is 0 Å². The van der Waals surface area contributed by atoms with Crippen molar-refractivity contribution in [3.8, 4) is 0 Å². The maximum absolute atomic E-state index is 12.2. The molecule has 90 valence electrons. The van der Waals surface area contributed by atoms with Crippen LogP contribution >= 0.6 is 0 Å². The van der Waals surface area contributed by atoms with Gasteiger partial charge in [-0.2, -0.15) is 0 Å². The Morgan fingerprint density at radius 2 is 2.06 bits per heavy atom. The Labute approximate surface area is 99.6 Å². The molecule has 0 amide bonds. The molecule has 1 aliphatic carbocycles. The minimum atomic E-state index is 0.128. The highest BCUT2D eigenvalue weighted by molar-refractivity contribution is 5.94. The van der Waals surface area contributed by atoms with E-state index in [-0.39, 0.29) is 5.92 Å². The number of carbonyl (C=O) groups excluding carboxylic acids is 1. The van der Waals surface area contributed by atoms with Crippen LogP contribution in [0.5, 0.6) is 0 Å². The Hall–Kier alpha value is -0.850. The van der Waals surface area contributed by atoms with Gasteiger partial charge in [0.25, 0.3) is 0 Å². The van der Waals surface area contributed by atoms with Gasteiger partial charge in [-0.25, -0.2) is 0 Å². The van der Waals surface area contributed by atoms with Gasteiger partial charge in [0.15, 0.2) is 5.78 Å². The van der Waals surface area contributed by atoms with Crippen molar-refractivity contribution in [2.24, 2.45) is 17.8 Å². The lowest BCUT2D eigenvalue weighted by Gasteiger charge is -2.32. The van der Waals surface area contributed by atoms with E-state index in [4.69, 9.17) is 0 Å². The van der Waals surface area contributed by atoms with Gasteiger partial charge in [-0.05, 0) is 51.5 Å². The number of ketones is 1. The predicted molar refractivity (Wildman–Crippen MR) is 69.2 cm³/mol. The molecule has 0 N–H and O–H groups in total. The molecule has 0 spiro atoms. The molecule has 1 rings (SSSR count). The molecule has 0 aromatic heterocycles. The van der Waals surface area contributed by atoms with Crippen LogP contribution in [0.15, 0.2) is 23.3 Å². The van der Waals surface area contributed by atoms with Gasteiger partial charge in [-0.3, -0.25) is 4.79 Å². The van der Waals surface area contributed by atoms with Crippen molar-refractivity contribution in [2.75, 3.05) is 0 Å². The number of allylic oxidation sites excluding steroid dienone is 4. The van der Waals surface area contributed by atoms with Crippen molar-refractivity contribution >= 4 is 5.78 Å². The second kappa shape index (κ2) is 5.47. The van der Waals surface area contributed by atoms with Crippen LogP contribution in [0.25, 0.3) is 0 Å². The number of rotatable bonds is 3. The zero-order chi connectivity index (χ0) is 12.3. The smallest absolute Gasteiger partial charge is 0.162 e. The quantitative estimate of drug-likeness (QED) is 0.516. The van der Waals surface area contributed by atoms with E-state index >= 15 is 0 Å². The highest BCUT2D eigenvalue weighted by atomic mass is 16.1. The molecule has 0 heterocycles. The second-order valence-corrected chi connectivity index (χ2v) is 5.54. The van der Waals surface area contributed by atoms with Crippen LogP contribution in [0.1, 0.15) is 47.5 Å². The minimum Gasteiger partial charge on any atom is -0.294 e. The van der Waals surface area contributed by atoms with Crippen molar-refractivity contribution in [1.29, 1.82) is 0 Å². The minimum absolute atomic E-state index is 0.128. The number of carbonyl (C=O) groups is 1. The van der Waals surface area contributed by atoms with Crippen molar-refractivity contribution < 1.29 is 4.79 Å². The summed E-state index contributed by atoms with van der Waals surface area (Å²) in [6, 6.07) is 0. The van der Waals surface area contributed by atoms with E-state index < -0.39 is 0 Å². The topological polar surface area (TPSA) is 17.1 Å². The van der Waals surface area contributed by atoms with Gasteiger partial charge in [0.2, 0.25) is 0 Å². The summed E-state index contributed by atoms with van der Waals surface area (Å²) >= 11 is 0. The highest BCUT2D eigenvalue weighted by Crippen LogP contribution is 2.36. The summed E-state index contributed by atoms with van der Waals surface area (Å²) in [5, 5.41) is 0. The molecule has 0 aliphatic heterocycles. The van der Waals surface area contributed by atoms with Crippen LogP contribution in [0, 0.1) is 17.8 Å². The number of hydrogen-bond donors (Lipinski definition) is 0. The third-order valence-corrected chi connectivity index (χ3v) is 3.48. The molecule has 0 fully saturated rings. The fourth-order valence-electron chi connectivity index (χ4n) is 2.66. The Bertz CT molecular complexity index is 316. The first-order valence-electron chi connectivity index (χ1n) is 6.29. The summed E-state index contributed by atoms with van der Waals surface area (Å²) in [5.41, 5.74) is 2.37. The molecule has 2 unspecified atom stereocenters. The normalized spacial score (nSPS) is 25.2. The highest BCUT2D eigenvalue weighted by Gasteiger charge is 2.32. The lowest BCUT2D eigenvalue weighted by atomic mass is 9.71. The average molecular weight is 220 g/mol. The molecule has 0 aromatic rings. The first kappa shape index (κ1) is 13.2. The standard InChI is InChI=1S/C15H24O/c1-10(2)9-14(16)15-12(5)7-6-8-13(15)11(3)4/h7,9,11,13,15H,6,8H2,1-5H3. The van der Waals surface area contributed by atoms with Crippen molar-refractivity contribution in [2.45, 2.75) is 47.5 Å². The van der Waals surface area contributed by atoms with Crippen LogP contribution in [-0.4, -0.2) is 5.78 Å². The molecular weight excluding hydrogens is 196 g/mol. The molecule has 0 aromatic carbocycles. The van der Waals surface area contributed by atoms with Crippen LogP contribution in [0.2, 0.25) is 0 Å². The summed E-state index contributed by atoms with van der Waals surface area (Å²) in [5.74, 6) is 1.53. The maximum atomic E-state index is 12.2. The van der Waals surface area contributed by atoms with Crippen molar-refractivity contribution in [3.05, 3.63) is 23.3 Å². The van der Waals surface area contributed by atoms with Crippen LogP contribution < -0.4 is 0 Å². The first-order valence-corrected chi connectivity index (χ1v) is 6.29. The molecule has 16 heavy (non-hydrogen) atoms. The Morgan fingerprint density at radius 1 is 1.44 bits per heavy atom. The van der Waals surface area contributed by atoms with Crippen LogP contribution in [0.3, 0.4) is 0 Å². The first-order chi connectivity index (χ1) is 7.43. The van der Waals surface area contributed by atoms with E-state index in [1.165, 1.54) is 5.57 Å². The third-order valence-electron chi connectivity index (χ3n) is 3.48. The molecule has 0 saturated heterocycles. The molecule has 1 aliphatic rings. The molecule has 2 atom stereocenters. The van der Waals surface area contributed by atoms with E-state index in [0.717, 1.165) is 18.4 Å².